The second kappa shape index (κ2) is 8.30. The van der Waals surface area contributed by atoms with E-state index in [1.807, 2.05) is 0 Å². The topological polar surface area (TPSA) is 0 Å². The predicted octanol–water partition coefficient (Wildman–Crippen LogP) is 7.70. The van der Waals surface area contributed by atoms with E-state index in [0.29, 0.717) is 5.92 Å². The molecule has 0 amide bonds. The minimum Gasteiger partial charge on any atom is -0.103 e. The molecule has 140 valence electrons. The van der Waals surface area contributed by atoms with E-state index in [1.54, 1.807) is 0 Å². The lowest BCUT2D eigenvalue weighted by atomic mass is 9.71. The molecule has 2 aliphatic carbocycles. The van der Waals surface area contributed by atoms with Crippen molar-refractivity contribution in [2.75, 3.05) is 0 Å². The van der Waals surface area contributed by atoms with E-state index in [4.69, 9.17) is 0 Å². The summed E-state index contributed by atoms with van der Waals surface area (Å²) in [5, 5.41) is 0. The molecular weight excluding hydrogens is 324 g/mol. The Hall–Kier alpha value is -2.08. The minimum absolute atomic E-state index is 0.595. The van der Waals surface area contributed by atoms with Crippen LogP contribution in [0.4, 0.5) is 0 Å². The maximum absolute atomic E-state index is 3.98. The Morgan fingerprint density at radius 3 is 1.93 bits per heavy atom. The van der Waals surface area contributed by atoms with Crippen molar-refractivity contribution in [2.24, 2.45) is 17.8 Å². The molecule has 27 heavy (non-hydrogen) atoms. The van der Waals surface area contributed by atoms with Crippen molar-refractivity contribution in [3.05, 3.63) is 84.5 Å². The minimum atomic E-state index is 0.595. The van der Waals surface area contributed by atoms with Gasteiger partial charge in [0.1, 0.15) is 0 Å². The largest absolute Gasteiger partial charge is 0.103 e. The summed E-state index contributed by atoms with van der Waals surface area (Å²) in [6, 6.07) is 18.1. The maximum atomic E-state index is 3.98. The zero-order chi connectivity index (χ0) is 18.6. The molecule has 2 aliphatic rings. The average molecular weight is 357 g/mol. The van der Waals surface area contributed by atoms with Crippen LogP contribution >= 0.6 is 0 Å². The van der Waals surface area contributed by atoms with Gasteiger partial charge in [0.2, 0.25) is 0 Å². The second-order valence-electron chi connectivity index (χ2n) is 8.63. The first-order valence-electron chi connectivity index (χ1n) is 10.7. The summed E-state index contributed by atoms with van der Waals surface area (Å²) in [6.07, 6.45) is 15.3. The van der Waals surface area contributed by atoms with Crippen molar-refractivity contribution >= 4 is 0 Å². The summed E-state index contributed by atoms with van der Waals surface area (Å²) in [7, 11) is 0. The van der Waals surface area contributed by atoms with Crippen LogP contribution in [0.1, 0.15) is 55.6 Å². The van der Waals surface area contributed by atoms with Crippen molar-refractivity contribution in [1.29, 1.82) is 0 Å². The number of allylic oxidation sites excluding steroid dienone is 3. The normalized spacial score (nSPS) is 28.0. The smallest absolute Gasteiger partial charge is 0.00182 e. The fraction of sp³-hybridized carbons (Fsp3) is 0.407. The van der Waals surface area contributed by atoms with E-state index in [1.165, 1.54) is 60.8 Å². The highest BCUT2D eigenvalue weighted by molar-refractivity contribution is 5.64. The molecular formula is C27H32. The molecule has 2 aromatic carbocycles. The number of aryl methyl sites for hydroxylation is 1. The van der Waals surface area contributed by atoms with Crippen molar-refractivity contribution < 1.29 is 0 Å². The van der Waals surface area contributed by atoms with Crippen LogP contribution < -0.4 is 0 Å². The van der Waals surface area contributed by atoms with Crippen LogP contribution in [0.5, 0.6) is 0 Å². The summed E-state index contributed by atoms with van der Waals surface area (Å²) >= 11 is 0. The second-order valence-corrected chi connectivity index (χ2v) is 8.63. The van der Waals surface area contributed by atoms with E-state index in [-0.39, 0.29) is 0 Å². The standard InChI is InChI=1S/C27H32/c1-3-21-6-10-23(11-7-21)25-14-18-27(19-15-25)26-16-12-24(13-17-26)22-8-4-20(2)5-9-22/h3-5,8-9,12-14,16-18,21,23,25,27H,1,6-7,10-11,15,19H2,2H3. The van der Waals surface area contributed by atoms with Gasteiger partial charge in [-0.25, -0.2) is 0 Å². The van der Waals surface area contributed by atoms with Crippen LogP contribution in [0.3, 0.4) is 0 Å². The van der Waals surface area contributed by atoms with Gasteiger partial charge >= 0.3 is 0 Å². The molecule has 0 N–H and O–H groups in total. The Balaban J connectivity index is 1.39. The first kappa shape index (κ1) is 18.3. The lowest BCUT2D eigenvalue weighted by Crippen LogP contribution is -2.22. The summed E-state index contributed by atoms with van der Waals surface area (Å²) in [5.41, 5.74) is 5.41. The van der Waals surface area contributed by atoms with E-state index in [2.05, 4.69) is 80.3 Å². The molecule has 4 rings (SSSR count). The monoisotopic (exact) mass is 356 g/mol. The van der Waals surface area contributed by atoms with E-state index < -0.39 is 0 Å². The first-order valence-corrected chi connectivity index (χ1v) is 10.7. The maximum Gasteiger partial charge on any atom is 0.00182 e. The van der Waals surface area contributed by atoms with Crippen molar-refractivity contribution in [2.45, 2.75) is 51.4 Å². The summed E-state index contributed by atoms with van der Waals surface area (Å²) in [5.74, 6) is 3.08. The molecule has 1 saturated carbocycles. The number of benzene rings is 2. The van der Waals surface area contributed by atoms with Crippen LogP contribution in [0.15, 0.2) is 73.3 Å². The average Bonchev–Trinajstić information content (AvgIpc) is 2.75. The molecule has 0 aliphatic heterocycles. The van der Waals surface area contributed by atoms with Gasteiger partial charge in [-0.15, -0.1) is 6.58 Å². The van der Waals surface area contributed by atoms with Crippen LogP contribution in [-0.2, 0) is 0 Å². The van der Waals surface area contributed by atoms with Gasteiger partial charge in [0.25, 0.3) is 0 Å². The molecule has 2 atom stereocenters. The third kappa shape index (κ3) is 4.26. The SMILES string of the molecule is C=CC1CCC(C2C=CC(c3ccc(-c4ccc(C)cc4)cc3)CC2)CC1. The van der Waals surface area contributed by atoms with Crippen LogP contribution in [0, 0.1) is 24.7 Å². The summed E-state index contributed by atoms with van der Waals surface area (Å²) in [4.78, 5) is 0. The van der Waals surface area contributed by atoms with Gasteiger partial charge in [-0.2, -0.15) is 0 Å². The third-order valence-electron chi connectivity index (χ3n) is 6.88. The fourth-order valence-electron chi connectivity index (χ4n) is 4.99. The van der Waals surface area contributed by atoms with E-state index >= 15 is 0 Å². The third-order valence-corrected chi connectivity index (χ3v) is 6.88. The highest BCUT2D eigenvalue weighted by Gasteiger charge is 2.27. The molecule has 0 heteroatoms. The predicted molar refractivity (Wildman–Crippen MR) is 117 cm³/mol. The number of rotatable bonds is 4. The first-order chi connectivity index (χ1) is 13.2. The van der Waals surface area contributed by atoms with Gasteiger partial charge in [-0.1, -0.05) is 72.3 Å². The summed E-state index contributed by atoms with van der Waals surface area (Å²) in [6.45, 7) is 6.12. The lowest BCUT2D eigenvalue weighted by molar-refractivity contribution is 0.237. The fourth-order valence-corrected chi connectivity index (χ4v) is 4.99. The van der Waals surface area contributed by atoms with Gasteiger partial charge in [-0.3, -0.25) is 0 Å². The lowest BCUT2D eigenvalue weighted by Gasteiger charge is -2.34. The van der Waals surface area contributed by atoms with Gasteiger partial charge in [0, 0.05) is 5.92 Å². The Kier molecular flexibility index (Phi) is 5.62. The Morgan fingerprint density at radius 1 is 0.741 bits per heavy atom. The molecule has 0 bridgehead atoms. The highest BCUT2D eigenvalue weighted by Crippen LogP contribution is 2.40. The van der Waals surface area contributed by atoms with Crippen molar-refractivity contribution in [1.82, 2.24) is 0 Å². The van der Waals surface area contributed by atoms with E-state index in [9.17, 15) is 0 Å². The quantitative estimate of drug-likeness (QED) is 0.492. The van der Waals surface area contributed by atoms with Crippen LogP contribution in [-0.4, -0.2) is 0 Å². The van der Waals surface area contributed by atoms with Crippen molar-refractivity contribution in [3.8, 4) is 11.1 Å². The number of hydrogen-bond donors (Lipinski definition) is 0. The zero-order valence-corrected chi connectivity index (χ0v) is 16.6. The van der Waals surface area contributed by atoms with Gasteiger partial charge in [0.15, 0.2) is 0 Å². The molecule has 0 nitrogen and oxygen atoms in total. The van der Waals surface area contributed by atoms with Gasteiger partial charge < -0.3 is 0 Å². The Labute approximate surface area is 165 Å². The van der Waals surface area contributed by atoms with Crippen LogP contribution in [0.2, 0.25) is 0 Å². The molecule has 1 fully saturated rings. The van der Waals surface area contributed by atoms with Gasteiger partial charge in [-0.05, 0) is 79.9 Å². The molecule has 0 saturated heterocycles. The zero-order valence-electron chi connectivity index (χ0n) is 16.6. The summed E-state index contributed by atoms with van der Waals surface area (Å²) < 4.78 is 0. The Bertz CT molecular complexity index is 770. The highest BCUT2D eigenvalue weighted by atomic mass is 14.3. The molecule has 0 radical (unpaired) electrons. The molecule has 2 unspecified atom stereocenters. The van der Waals surface area contributed by atoms with Crippen LogP contribution in [0.25, 0.3) is 11.1 Å². The molecule has 0 heterocycles. The molecule has 0 aromatic heterocycles. The molecule has 0 spiro atoms. The van der Waals surface area contributed by atoms with Crippen molar-refractivity contribution in [3.63, 3.8) is 0 Å². The number of hydrogen-bond acceptors (Lipinski definition) is 0. The van der Waals surface area contributed by atoms with E-state index in [0.717, 1.165) is 17.8 Å². The van der Waals surface area contributed by atoms with Gasteiger partial charge in [0.05, 0.1) is 0 Å². The Morgan fingerprint density at radius 2 is 1.37 bits per heavy atom. The molecule has 2 aromatic rings.